The number of hydrogen-bond acceptors (Lipinski definition) is 6. The monoisotopic (exact) mass is 462 g/mol. The van der Waals surface area contributed by atoms with Gasteiger partial charge in [-0.2, -0.15) is 4.98 Å². The van der Waals surface area contributed by atoms with Gasteiger partial charge in [-0.1, -0.05) is 68.4 Å². The third-order valence-electron chi connectivity index (χ3n) is 5.67. The Hall–Kier alpha value is -2.93. The summed E-state index contributed by atoms with van der Waals surface area (Å²) in [5.74, 6) is 1.81. The molecule has 0 radical (unpaired) electrons. The molecular formula is C26H30N4O2S. The Morgan fingerprint density at radius 3 is 2.70 bits per heavy atom. The first-order valence-corrected chi connectivity index (χ1v) is 12.4. The van der Waals surface area contributed by atoms with Crippen LogP contribution < -0.4 is 9.64 Å². The second-order valence-corrected chi connectivity index (χ2v) is 9.82. The highest BCUT2D eigenvalue weighted by molar-refractivity contribution is 7.99. The topological polar surface area (TPSA) is 68.2 Å². The van der Waals surface area contributed by atoms with Crippen molar-refractivity contribution in [1.29, 1.82) is 0 Å². The first-order valence-electron chi connectivity index (χ1n) is 11.4. The van der Waals surface area contributed by atoms with Crippen molar-refractivity contribution in [1.82, 2.24) is 15.2 Å². The molecule has 7 heteroatoms. The number of nitrogens with zero attached hydrogens (tertiary/aromatic N) is 4. The molecule has 1 aromatic heterocycles. The minimum Gasteiger partial charge on any atom is -0.447 e. The molecule has 0 aliphatic carbocycles. The van der Waals surface area contributed by atoms with Gasteiger partial charge < -0.3 is 4.74 Å². The van der Waals surface area contributed by atoms with E-state index >= 15 is 0 Å². The molecule has 0 bridgehead atoms. The van der Waals surface area contributed by atoms with Crippen molar-refractivity contribution in [2.45, 2.75) is 58.8 Å². The maximum atomic E-state index is 12.9. The Morgan fingerprint density at radius 2 is 2.00 bits per heavy atom. The van der Waals surface area contributed by atoms with E-state index in [0.717, 1.165) is 46.5 Å². The van der Waals surface area contributed by atoms with Gasteiger partial charge in [-0.15, -0.1) is 10.2 Å². The van der Waals surface area contributed by atoms with Crippen LogP contribution in [0.15, 0.2) is 47.6 Å². The van der Waals surface area contributed by atoms with Gasteiger partial charge in [-0.25, -0.2) is 0 Å². The van der Waals surface area contributed by atoms with Crippen molar-refractivity contribution in [3.63, 3.8) is 0 Å². The lowest BCUT2D eigenvalue weighted by Gasteiger charge is -2.30. The maximum Gasteiger partial charge on any atom is 0.247 e. The summed E-state index contributed by atoms with van der Waals surface area (Å²) in [5.41, 5.74) is 5.26. The summed E-state index contributed by atoms with van der Waals surface area (Å²) in [7, 11) is 0. The number of ether oxygens (including phenoxy) is 1. The molecule has 1 aliphatic rings. The predicted octanol–water partition coefficient (Wildman–Crippen LogP) is 5.99. The molecule has 6 nitrogen and oxygen atoms in total. The fourth-order valence-corrected chi connectivity index (χ4v) is 4.88. The first-order chi connectivity index (χ1) is 15.9. The number of carbonyl (C=O) groups excluding carboxylic acids is 1. The minimum atomic E-state index is -0.653. The third-order valence-corrected chi connectivity index (χ3v) is 6.54. The largest absolute Gasteiger partial charge is 0.447 e. The molecule has 0 fully saturated rings. The van der Waals surface area contributed by atoms with Crippen molar-refractivity contribution in [3.05, 3.63) is 59.2 Å². The number of aryl methyl sites for hydroxylation is 2. The van der Waals surface area contributed by atoms with E-state index in [9.17, 15) is 4.79 Å². The summed E-state index contributed by atoms with van der Waals surface area (Å²) in [4.78, 5) is 19.4. The van der Waals surface area contributed by atoms with Crippen LogP contribution in [0.25, 0.3) is 11.3 Å². The number of rotatable bonds is 6. The quantitative estimate of drug-likeness (QED) is 0.419. The average Bonchev–Trinajstić information content (AvgIpc) is 2.92. The van der Waals surface area contributed by atoms with E-state index in [1.54, 1.807) is 23.6 Å². The van der Waals surface area contributed by atoms with Crippen LogP contribution in [0.1, 0.15) is 57.0 Å². The number of aromatic nitrogens is 3. The van der Waals surface area contributed by atoms with Crippen molar-refractivity contribution in [3.8, 4) is 17.1 Å². The van der Waals surface area contributed by atoms with E-state index in [4.69, 9.17) is 9.72 Å². The number of carbonyl (C=O) groups is 1. The smallest absolute Gasteiger partial charge is 0.247 e. The van der Waals surface area contributed by atoms with Crippen LogP contribution in [-0.4, -0.2) is 26.8 Å². The molecule has 4 rings (SSSR count). The molecule has 172 valence electrons. The highest BCUT2D eigenvalue weighted by atomic mass is 32.2. The van der Waals surface area contributed by atoms with Crippen molar-refractivity contribution < 1.29 is 9.53 Å². The number of amides is 1. The van der Waals surface area contributed by atoms with Gasteiger partial charge in [0.1, 0.15) is 0 Å². The zero-order valence-electron chi connectivity index (χ0n) is 19.8. The first kappa shape index (κ1) is 23.2. The van der Waals surface area contributed by atoms with E-state index in [2.05, 4.69) is 37.0 Å². The van der Waals surface area contributed by atoms with Gasteiger partial charge in [0.25, 0.3) is 0 Å². The molecule has 0 spiro atoms. The van der Waals surface area contributed by atoms with Crippen molar-refractivity contribution in [2.24, 2.45) is 5.92 Å². The summed E-state index contributed by atoms with van der Waals surface area (Å²) in [6.07, 6.45) is 1.29. The lowest BCUT2D eigenvalue weighted by atomic mass is 10.0. The zero-order chi connectivity index (χ0) is 23.5. The van der Waals surface area contributed by atoms with Crippen LogP contribution in [0, 0.1) is 12.8 Å². The van der Waals surface area contributed by atoms with E-state index in [1.807, 2.05) is 43.3 Å². The lowest BCUT2D eigenvalue weighted by Crippen LogP contribution is -2.36. The van der Waals surface area contributed by atoms with E-state index < -0.39 is 6.23 Å². The number of thioether (sulfide) groups is 1. The molecular weight excluding hydrogens is 432 g/mol. The molecule has 1 atom stereocenters. The van der Waals surface area contributed by atoms with Gasteiger partial charge in [0, 0.05) is 23.8 Å². The Labute approximate surface area is 199 Å². The molecule has 3 aromatic rings. The lowest BCUT2D eigenvalue weighted by molar-refractivity contribution is -0.118. The number of hydrogen-bond donors (Lipinski definition) is 0. The maximum absolute atomic E-state index is 12.9. The molecule has 0 saturated carbocycles. The Bertz CT molecular complexity index is 1160. The molecule has 1 aliphatic heterocycles. The summed E-state index contributed by atoms with van der Waals surface area (Å²) < 4.78 is 6.47. The van der Waals surface area contributed by atoms with Gasteiger partial charge in [0.05, 0.1) is 5.69 Å². The van der Waals surface area contributed by atoms with E-state index in [1.165, 1.54) is 0 Å². The van der Waals surface area contributed by atoms with Crippen molar-refractivity contribution >= 4 is 23.4 Å². The molecule has 1 amide bonds. The third kappa shape index (κ3) is 5.03. The second-order valence-electron chi connectivity index (χ2n) is 8.76. The molecule has 0 N–H and O–H groups in total. The van der Waals surface area contributed by atoms with Gasteiger partial charge in [0.2, 0.25) is 23.2 Å². The van der Waals surface area contributed by atoms with Crippen LogP contribution >= 0.6 is 11.8 Å². The van der Waals surface area contributed by atoms with Crippen LogP contribution in [0.2, 0.25) is 0 Å². The van der Waals surface area contributed by atoms with Crippen LogP contribution in [0.3, 0.4) is 0 Å². The Balaban J connectivity index is 1.86. The molecule has 2 aromatic carbocycles. The Morgan fingerprint density at radius 1 is 1.18 bits per heavy atom. The van der Waals surface area contributed by atoms with Gasteiger partial charge in [-0.05, 0) is 43.4 Å². The number of fused-ring (bicyclic) bond motifs is 3. The van der Waals surface area contributed by atoms with E-state index in [-0.39, 0.29) is 5.91 Å². The van der Waals surface area contributed by atoms with Gasteiger partial charge in [0.15, 0.2) is 5.69 Å². The SMILES string of the molecule is CCc1ccc2c(c1)-c1nnc(SCCC(C)C)nc1O[C@@H](c1cccc(C)c1)N2C(C)=O. The highest BCUT2D eigenvalue weighted by Gasteiger charge is 2.34. The van der Waals surface area contributed by atoms with Crippen molar-refractivity contribution in [2.75, 3.05) is 10.7 Å². The summed E-state index contributed by atoms with van der Waals surface area (Å²) in [6.45, 7) is 10.1. The second kappa shape index (κ2) is 9.91. The van der Waals surface area contributed by atoms with Crippen LogP contribution in [0.5, 0.6) is 5.88 Å². The highest BCUT2D eigenvalue weighted by Crippen LogP contribution is 2.44. The summed E-state index contributed by atoms with van der Waals surface area (Å²) in [6, 6.07) is 14.1. The van der Waals surface area contributed by atoms with Gasteiger partial charge >= 0.3 is 0 Å². The fourth-order valence-electron chi connectivity index (χ4n) is 3.86. The normalized spacial score (nSPS) is 15.0. The predicted molar refractivity (Wildman–Crippen MR) is 133 cm³/mol. The number of anilines is 1. The fraction of sp³-hybridized carbons (Fsp3) is 0.385. The molecule has 0 saturated heterocycles. The summed E-state index contributed by atoms with van der Waals surface area (Å²) in [5, 5.41) is 9.51. The van der Waals surface area contributed by atoms with E-state index in [0.29, 0.717) is 22.6 Å². The average molecular weight is 463 g/mol. The zero-order valence-corrected chi connectivity index (χ0v) is 20.6. The van der Waals surface area contributed by atoms with Gasteiger partial charge in [-0.3, -0.25) is 9.69 Å². The molecule has 0 unspecified atom stereocenters. The summed E-state index contributed by atoms with van der Waals surface area (Å²) >= 11 is 1.58. The van der Waals surface area contributed by atoms with Crippen LogP contribution in [0.4, 0.5) is 5.69 Å². The minimum absolute atomic E-state index is 0.112. The number of benzene rings is 2. The standard InChI is InChI=1S/C26H30N4O2S/c1-6-19-10-11-22-21(15-19)23-24(27-26(29-28-23)33-13-12-16(2)3)32-25(30(22)18(5)31)20-9-7-8-17(4)14-20/h7-11,14-16,25H,6,12-13H2,1-5H3/t25-/m0/s1. The Kier molecular flexibility index (Phi) is 6.98. The molecule has 33 heavy (non-hydrogen) atoms. The van der Waals surface area contributed by atoms with Crippen LogP contribution in [-0.2, 0) is 11.2 Å². The molecule has 2 heterocycles.